The van der Waals surface area contributed by atoms with E-state index in [9.17, 15) is 9.59 Å². The molecule has 0 saturated carbocycles. The van der Waals surface area contributed by atoms with Crippen LogP contribution in [0.15, 0.2) is 109 Å². The van der Waals surface area contributed by atoms with E-state index in [0.717, 1.165) is 44.5 Å². The Hall–Kier alpha value is -4.12. The molecule has 5 heteroatoms. The van der Waals surface area contributed by atoms with Crippen LogP contribution in [0.1, 0.15) is 36.1 Å². The van der Waals surface area contributed by atoms with Gasteiger partial charge in [-0.15, -0.1) is 0 Å². The minimum atomic E-state index is -5.81. The van der Waals surface area contributed by atoms with Crippen LogP contribution in [0.5, 0.6) is 0 Å². The number of carbonyl (C=O) groups excluding carboxylic acids is 2. The van der Waals surface area contributed by atoms with Crippen LogP contribution < -0.4 is 7.74 Å². The van der Waals surface area contributed by atoms with Gasteiger partial charge in [0.1, 0.15) is 0 Å². The van der Waals surface area contributed by atoms with Gasteiger partial charge in [-0.3, -0.25) is 0 Å². The van der Waals surface area contributed by atoms with Crippen LogP contribution in [0, 0.1) is 0 Å². The van der Waals surface area contributed by atoms with Gasteiger partial charge in [-0.2, -0.15) is 0 Å². The van der Waals surface area contributed by atoms with E-state index in [1.54, 1.807) is 13.8 Å². The Bertz CT molecular complexity index is 1720. The molecule has 4 aromatic rings. The molecule has 2 aliphatic carbocycles. The van der Waals surface area contributed by atoms with Gasteiger partial charge in [0.25, 0.3) is 0 Å². The molecule has 0 saturated heterocycles. The number of carbonyl (C=O) groups is 2. The third-order valence-corrected chi connectivity index (χ3v) is 14.9. The molecule has 0 aliphatic heterocycles. The maximum atomic E-state index is 13.6. The zero-order chi connectivity index (χ0) is 28.3. The topological polar surface area (TPSA) is 52.6 Å². The normalized spacial score (nSPS) is 13.0. The zero-order valence-electron chi connectivity index (χ0n) is 22.8. The third-order valence-electron chi connectivity index (χ3n) is 8.11. The van der Waals surface area contributed by atoms with Crippen molar-refractivity contribution in [3.63, 3.8) is 0 Å². The molecule has 0 fully saturated rings. The standard InChI is InChI=1S/2C13H9.2C4H6O2.CH2.Ti/c2*1-3-7-12-10(5-1)9-11-6-2-4-8-13(11)12;2*1-3(2)4(5)6;;/h2*1-5,7-8H,9H2;2*1H2,2H3,(H,5,6);1H2;/q;;;;;+2/p-2. The summed E-state index contributed by atoms with van der Waals surface area (Å²) in [6, 6.07) is 28.3. The Labute approximate surface area is 235 Å². The Morgan fingerprint density at radius 1 is 0.600 bits per heavy atom. The molecule has 0 aromatic heterocycles. The van der Waals surface area contributed by atoms with Gasteiger partial charge < -0.3 is 0 Å². The monoisotopic (exact) mass is 562 g/mol. The van der Waals surface area contributed by atoms with E-state index in [0.29, 0.717) is 20.6 Å². The molecule has 6 rings (SSSR count). The van der Waals surface area contributed by atoms with Crippen molar-refractivity contribution in [2.45, 2.75) is 26.7 Å². The van der Waals surface area contributed by atoms with Crippen molar-refractivity contribution < 1.29 is 31.8 Å². The van der Waals surface area contributed by atoms with Gasteiger partial charge in [0.05, 0.1) is 0 Å². The number of benzene rings is 4. The fraction of sp³-hybridized carbons (Fsp3) is 0.114. The molecular formula is C35H30O4Ti. The Kier molecular flexibility index (Phi) is 6.03. The molecule has 198 valence electrons. The van der Waals surface area contributed by atoms with E-state index < -0.39 is 27.6 Å². The molecular weight excluding hydrogens is 532 g/mol. The van der Waals surface area contributed by atoms with Gasteiger partial charge in [0.2, 0.25) is 0 Å². The van der Waals surface area contributed by atoms with Crippen molar-refractivity contribution in [2.24, 2.45) is 0 Å². The predicted octanol–water partition coefficient (Wildman–Crippen LogP) is 5.97. The van der Waals surface area contributed by atoms with Crippen molar-refractivity contribution >= 4 is 24.5 Å². The average Bonchev–Trinajstić information content (AvgIpc) is 3.51. The summed E-state index contributed by atoms with van der Waals surface area (Å²) in [6.07, 6.45) is 1.22. The minimum absolute atomic E-state index is 0.206. The summed E-state index contributed by atoms with van der Waals surface area (Å²) in [5, 5.41) is 0. The van der Waals surface area contributed by atoms with Crippen LogP contribution in [0.4, 0.5) is 0 Å². The van der Waals surface area contributed by atoms with Crippen molar-refractivity contribution in [3.8, 4) is 22.3 Å². The van der Waals surface area contributed by atoms with Crippen LogP contribution in [0.25, 0.3) is 22.3 Å². The maximum absolute atomic E-state index is 13.6. The second kappa shape index (κ2) is 9.23. The van der Waals surface area contributed by atoms with Gasteiger partial charge in [0, 0.05) is 0 Å². The first-order valence-electron chi connectivity index (χ1n) is 13.3. The zero-order valence-corrected chi connectivity index (χ0v) is 24.3. The molecule has 2 aliphatic rings. The van der Waals surface area contributed by atoms with Gasteiger partial charge in [-0.1, -0.05) is 0 Å². The Balaban J connectivity index is 1.72. The molecule has 0 atom stereocenters. The summed E-state index contributed by atoms with van der Waals surface area (Å²) >= 11 is -5.81. The predicted molar refractivity (Wildman–Crippen MR) is 158 cm³/mol. The molecule has 0 N–H and O–H groups in total. The van der Waals surface area contributed by atoms with Crippen molar-refractivity contribution in [1.82, 2.24) is 0 Å². The van der Waals surface area contributed by atoms with Crippen LogP contribution in [-0.4, -0.2) is 16.8 Å². The van der Waals surface area contributed by atoms with Crippen LogP contribution in [0.2, 0.25) is 0 Å². The number of fused-ring (bicyclic) bond motifs is 6. The van der Waals surface area contributed by atoms with Gasteiger partial charge >= 0.3 is 237 Å². The summed E-state index contributed by atoms with van der Waals surface area (Å²) in [4.78, 5) is 31.9. The average molecular weight is 562 g/mol. The number of hydrogen-bond acceptors (Lipinski definition) is 4. The molecule has 0 unspecified atom stereocenters. The first kappa shape index (κ1) is 26.1. The summed E-state index contributed by atoms with van der Waals surface area (Å²) in [5.74, 6) is -1.27. The SMILES string of the molecule is C=C(C)C(=O)[O][Ti](=[CH2])([O]C(=O)C(=C)C)([c]1cccc2c1Cc1ccccc1-2)[c]1cccc2c1Cc1ccccc1-2. The quantitative estimate of drug-likeness (QED) is 0.186. The molecule has 4 nitrogen and oxygen atoms in total. The summed E-state index contributed by atoms with van der Waals surface area (Å²) in [5.41, 5.74) is 8.95. The Morgan fingerprint density at radius 2 is 0.975 bits per heavy atom. The Morgan fingerprint density at radius 3 is 1.38 bits per heavy atom. The molecule has 0 radical (unpaired) electrons. The summed E-state index contributed by atoms with van der Waals surface area (Å²) < 4.78 is 14.5. The van der Waals surface area contributed by atoms with Crippen molar-refractivity contribution in [3.05, 3.63) is 131 Å². The fourth-order valence-electron chi connectivity index (χ4n) is 6.21. The second-order valence-corrected chi connectivity index (χ2v) is 17.2. The molecule has 0 amide bonds. The van der Waals surface area contributed by atoms with E-state index in [4.69, 9.17) is 11.5 Å². The van der Waals surface area contributed by atoms with E-state index >= 15 is 0 Å². The summed E-state index contributed by atoms with van der Waals surface area (Å²) in [6.45, 7) is 10.9. The fourth-order valence-corrected chi connectivity index (χ4v) is 13.1. The summed E-state index contributed by atoms with van der Waals surface area (Å²) in [7, 11) is 0. The molecule has 4 aromatic carbocycles. The molecule has 0 heterocycles. The second-order valence-electron chi connectivity index (χ2n) is 10.9. The van der Waals surface area contributed by atoms with E-state index in [1.165, 1.54) is 0 Å². The van der Waals surface area contributed by atoms with Crippen molar-refractivity contribution in [1.29, 1.82) is 0 Å². The van der Waals surface area contributed by atoms with E-state index in [-0.39, 0.29) is 11.1 Å². The number of rotatable bonds is 6. The van der Waals surface area contributed by atoms with Crippen LogP contribution in [0.3, 0.4) is 0 Å². The van der Waals surface area contributed by atoms with Crippen LogP contribution >= 0.6 is 0 Å². The number of hydrogen-bond donors (Lipinski definition) is 0. The van der Waals surface area contributed by atoms with Gasteiger partial charge in [-0.25, -0.2) is 0 Å². The van der Waals surface area contributed by atoms with E-state index in [2.05, 4.69) is 49.6 Å². The molecule has 0 spiro atoms. The first-order valence-corrected chi connectivity index (χ1v) is 17.3. The molecule has 40 heavy (non-hydrogen) atoms. The van der Waals surface area contributed by atoms with Crippen molar-refractivity contribution in [2.75, 3.05) is 0 Å². The first-order chi connectivity index (χ1) is 19.1. The van der Waals surface area contributed by atoms with Gasteiger partial charge in [0.15, 0.2) is 0 Å². The van der Waals surface area contributed by atoms with E-state index in [1.807, 2.05) is 48.5 Å². The molecule has 0 bridgehead atoms. The van der Waals surface area contributed by atoms with Gasteiger partial charge in [-0.05, 0) is 0 Å². The van der Waals surface area contributed by atoms with Crippen LogP contribution in [-0.2, 0) is 44.7 Å². The third kappa shape index (κ3) is 3.82.